The van der Waals surface area contributed by atoms with Gasteiger partial charge in [-0.25, -0.2) is 0 Å². The number of carbonyl (C=O) groups is 2. The third kappa shape index (κ3) is 3.19. The fourth-order valence-electron chi connectivity index (χ4n) is 2.41. The second kappa shape index (κ2) is 5.34. The standard InChI is InChI=1S/C15H19NO2/c1-10(2)7-11-3-5-12(6-4-11)13-8-14(17)16-15(18)9-13/h3-6,10,13H,7-9H2,1-2H3,(H,16,17,18). The van der Waals surface area contributed by atoms with Gasteiger partial charge in [-0.15, -0.1) is 0 Å². The largest absolute Gasteiger partial charge is 0.296 e. The summed E-state index contributed by atoms with van der Waals surface area (Å²) in [6.07, 6.45) is 1.88. The van der Waals surface area contributed by atoms with E-state index in [9.17, 15) is 9.59 Å². The van der Waals surface area contributed by atoms with Crippen LogP contribution in [0.1, 0.15) is 43.7 Å². The zero-order valence-electron chi connectivity index (χ0n) is 10.9. The van der Waals surface area contributed by atoms with Gasteiger partial charge in [-0.1, -0.05) is 38.1 Å². The van der Waals surface area contributed by atoms with Gasteiger partial charge >= 0.3 is 0 Å². The summed E-state index contributed by atoms with van der Waals surface area (Å²) < 4.78 is 0. The van der Waals surface area contributed by atoms with Crippen LogP contribution >= 0.6 is 0 Å². The van der Waals surface area contributed by atoms with E-state index in [4.69, 9.17) is 0 Å². The molecule has 0 spiro atoms. The highest BCUT2D eigenvalue weighted by Crippen LogP contribution is 2.26. The Morgan fingerprint density at radius 2 is 1.67 bits per heavy atom. The molecule has 1 aromatic carbocycles. The van der Waals surface area contributed by atoms with Crippen molar-refractivity contribution in [2.24, 2.45) is 5.92 Å². The van der Waals surface area contributed by atoms with Crippen LogP contribution in [0, 0.1) is 5.92 Å². The molecular weight excluding hydrogens is 226 g/mol. The normalized spacial score (nSPS) is 17.1. The van der Waals surface area contributed by atoms with Crippen LogP contribution in [0.3, 0.4) is 0 Å². The fourth-order valence-corrected chi connectivity index (χ4v) is 2.41. The Balaban J connectivity index is 2.09. The lowest BCUT2D eigenvalue weighted by atomic mass is 9.88. The number of hydrogen-bond donors (Lipinski definition) is 1. The van der Waals surface area contributed by atoms with Gasteiger partial charge in [0, 0.05) is 18.8 Å². The predicted molar refractivity (Wildman–Crippen MR) is 70.1 cm³/mol. The Labute approximate surface area is 108 Å². The van der Waals surface area contributed by atoms with E-state index in [1.54, 1.807) is 0 Å². The minimum atomic E-state index is -0.164. The van der Waals surface area contributed by atoms with E-state index in [-0.39, 0.29) is 17.7 Å². The SMILES string of the molecule is CC(C)Cc1ccc(C2CC(=O)NC(=O)C2)cc1. The Morgan fingerprint density at radius 1 is 1.11 bits per heavy atom. The minimum absolute atomic E-state index is 0.0411. The van der Waals surface area contributed by atoms with Gasteiger partial charge in [0.25, 0.3) is 0 Å². The zero-order valence-corrected chi connectivity index (χ0v) is 10.9. The van der Waals surface area contributed by atoms with Crippen molar-refractivity contribution >= 4 is 11.8 Å². The van der Waals surface area contributed by atoms with Crippen molar-refractivity contribution in [1.82, 2.24) is 5.32 Å². The summed E-state index contributed by atoms with van der Waals surface area (Å²) in [5.74, 6) is 0.349. The number of hydrogen-bond acceptors (Lipinski definition) is 2. The number of amides is 2. The van der Waals surface area contributed by atoms with Crippen LogP contribution in [-0.2, 0) is 16.0 Å². The van der Waals surface area contributed by atoms with Crippen LogP contribution in [-0.4, -0.2) is 11.8 Å². The third-order valence-corrected chi connectivity index (χ3v) is 3.24. The summed E-state index contributed by atoms with van der Waals surface area (Å²) in [5.41, 5.74) is 2.39. The Bertz CT molecular complexity index is 432. The van der Waals surface area contributed by atoms with Gasteiger partial charge < -0.3 is 0 Å². The van der Waals surface area contributed by atoms with Crippen molar-refractivity contribution in [2.45, 2.75) is 39.0 Å². The zero-order chi connectivity index (χ0) is 13.1. The lowest BCUT2D eigenvalue weighted by Gasteiger charge is -2.21. The second-order valence-electron chi connectivity index (χ2n) is 5.42. The average molecular weight is 245 g/mol. The molecule has 18 heavy (non-hydrogen) atoms. The molecule has 1 fully saturated rings. The molecule has 1 saturated heterocycles. The molecule has 2 amide bonds. The minimum Gasteiger partial charge on any atom is -0.296 e. The molecular formula is C15H19NO2. The van der Waals surface area contributed by atoms with Gasteiger partial charge in [0.2, 0.25) is 11.8 Å². The van der Waals surface area contributed by atoms with E-state index in [2.05, 4.69) is 31.3 Å². The van der Waals surface area contributed by atoms with Gasteiger partial charge in [0.1, 0.15) is 0 Å². The summed E-state index contributed by atoms with van der Waals surface area (Å²) in [6.45, 7) is 4.39. The summed E-state index contributed by atoms with van der Waals surface area (Å²) in [4.78, 5) is 22.7. The first kappa shape index (κ1) is 12.8. The van der Waals surface area contributed by atoms with Crippen molar-refractivity contribution in [2.75, 3.05) is 0 Å². The van der Waals surface area contributed by atoms with E-state index in [0.29, 0.717) is 18.8 Å². The lowest BCUT2D eigenvalue weighted by Crippen LogP contribution is -2.37. The van der Waals surface area contributed by atoms with Crippen molar-refractivity contribution in [3.05, 3.63) is 35.4 Å². The van der Waals surface area contributed by atoms with Gasteiger partial charge in [0.05, 0.1) is 0 Å². The molecule has 1 aliphatic heterocycles. The molecule has 0 atom stereocenters. The molecule has 0 bridgehead atoms. The number of piperidine rings is 1. The second-order valence-corrected chi connectivity index (χ2v) is 5.42. The molecule has 1 aromatic rings. The van der Waals surface area contributed by atoms with Gasteiger partial charge in [0.15, 0.2) is 0 Å². The molecule has 0 unspecified atom stereocenters. The molecule has 0 aliphatic carbocycles. The highest BCUT2D eigenvalue weighted by Gasteiger charge is 2.25. The van der Waals surface area contributed by atoms with E-state index in [0.717, 1.165) is 12.0 Å². The van der Waals surface area contributed by atoms with E-state index >= 15 is 0 Å². The lowest BCUT2D eigenvalue weighted by molar-refractivity contribution is -0.133. The molecule has 0 radical (unpaired) electrons. The smallest absolute Gasteiger partial charge is 0.227 e. The van der Waals surface area contributed by atoms with Crippen LogP contribution in [0.2, 0.25) is 0 Å². The van der Waals surface area contributed by atoms with E-state index in [1.807, 2.05) is 12.1 Å². The Kier molecular flexibility index (Phi) is 3.80. The van der Waals surface area contributed by atoms with Gasteiger partial charge in [-0.05, 0) is 23.5 Å². The topological polar surface area (TPSA) is 46.2 Å². The third-order valence-electron chi connectivity index (χ3n) is 3.24. The molecule has 0 aromatic heterocycles. The van der Waals surface area contributed by atoms with Crippen LogP contribution in [0.4, 0.5) is 0 Å². The number of nitrogens with one attached hydrogen (secondary N) is 1. The number of carbonyl (C=O) groups excluding carboxylic acids is 2. The maximum Gasteiger partial charge on any atom is 0.227 e. The Morgan fingerprint density at radius 3 is 2.17 bits per heavy atom. The monoisotopic (exact) mass is 245 g/mol. The summed E-state index contributed by atoms with van der Waals surface area (Å²) in [6, 6.07) is 8.31. The average Bonchev–Trinajstić information content (AvgIpc) is 2.27. The first-order chi connectivity index (χ1) is 8.54. The van der Waals surface area contributed by atoms with Crippen molar-refractivity contribution in [3.8, 4) is 0 Å². The fraction of sp³-hybridized carbons (Fsp3) is 0.467. The van der Waals surface area contributed by atoms with Crippen LogP contribution < -0.4 is 5.32 Å². The molecule has 3 heteroatoms. The quantitative estimate of drug-likeness (QED) is 0.831. The summed E-state index contributed by atoms with van der Waals surface area (Å²) >= 11 is 0. The number of benzene rings is 1. The predicted octanol–water partition coefficient (Wildman–Crippen LogP) is 2.41. The maximum atomic E-state index is 11.3. The van der Waals surface area contributed by atoms with E-state index < -0.39 is 0 Å². The highest BCUT2D eigenvalue weighted by atomic mass is 16.2. The van der Waals surface area contributed by atoms with Crippen molar-refractivity contribution in [1.29, 1.82) is 0 Å². The number of rotatable bonds is 3. The number of imide groups is 1. The van der Waals surface area contributed by atoms with Crippen LogP contribution in [0.25, 0.3) is 0 Å². The molecule has 1 N–H and O–H groups in total. The molecule has 96 valence electrons. The maximum absolute atomic E-state index is 11.3. The van der Waals surface area contributed by atoms with Gasteiger partial charge in [-0.2, -0.15) is 0 Å². The Hall–Kier alpha value is -1.64. The first-order valence-electron chi connectivity index (χ1n) is 6.46. The van der Waals surface area contributed by atoms with Crippen molar-refractivity contribution < 1.29 is 9.59 Å². The summed E-state index contributed by atoms with van der Waals surface area (Å²) in [5, 5.41) is 2.34. The van der Waals surface area contributed by atoms with Crippen LogP contribution in [0.15, 0.2) is 24.3 Å². The highest BCUT2D eigenvalue weighted by molar-refractivity contribution is 5.98. The van der Waals surface area contributed by atoms with Crippen molar-refractivity contribution in [3.63, 3.8) is 0 Å². The first-order valence-corrected chi connectivity index (χ1v) is 6.46. The van der Waals surface area contributed by atoms with Gasteiger partial charge in [-0.3, -0.25) is 14.9 Å². The molecule has 0 saturated carbocycles. The molecule has 3 nitrogen and oxygen atoms in total. The molecule has 1 aliphatic rings. The van der Waals surface area contributed by atoms with E-state index in [1.165, 1.54) is 5.56 Å². The summed E-state index contributed by atoms with van der Waals surface area (Å²) in [7, 11) is 0. The molecule has 1 heterocycles. The van der Waals surface area contributed by atoms with Crippen LogP contribution in [0.5, 0.6) is 0 Å². The molecule has 2 rings (SSSR count).